The molecule has 0 aliphatic rings. The van der Waals surface area contributed by atoms with Gasteiger partial charge in [-0.1, -0.05) is 48.5 Å². The third kappa shape index (κ3) is 3.40. The molecule has 0 saturated carbocycles. The first-order valence-electron chi connectivity index (χ1n) is 8.16. The number of hydrogen-bond donors (Lipinski definition) is 1. The summed E-state index contributed by atoms with van der Waals surface area (Å²) in [7, 11) is 1.55. The highest BCUT2D eigenvalue weighted by atomic mass is 16.5. The van der Waals surface area contributed by atoms with Crippen LogP contribution in [0, 0.1) is 6.92 Å². The van der Waals surface area contributed by atoms with Crippen LogP contribution in [-0.2, 0) is 0 Å². The van der Waals surface area contributed by atoms with Crippen molar-refractivity contribution in [3.05, 3.63) is 77.5 Å². The maximum atomic E-state index is 12.8. The lowest BCUT2D eigenvalue weighted by molar-refractivity contribution is 0.0936. The highest BCUT2D eigenvalue weighted by molar-refractivity contribution is 5.98. The Bertz CT molecular complexity index is 857. The van der Waals surface area contributed by atoms with Crippen molar-refractivity contribution >= 4 is 5.91 Å². The molecule has 0 aliphatic carbocycles. The van der Waals surface area contributed by atoms with E-state index in [1.807, 2.05) is 74.5 Å². The van der Waals surface area contributed by atoms with Crippen molar-refractivity contribution in [2.24, 2.45) is 0 Å². The van der Waals surface area contributed by atoms with Crippen LogP contribution in [0.25, 0.3) is 5.69 Å². The van der Waals surface area contributed by atoms with Crippen molar-refractivity contribution in [3.63, 3.8) is 0 Å². The van der Waals surface area contributed by atoms with Gasteiger partial charge in [-0.05, 0) is 31.5 Å². The number of hydrogen-bond acceptors (Lipinski definition) is 3. The van der Waals surface area contributed by atoms with Crippen LogP contribution in [0.15, 0.2) is 60.7 Å². The molecular weight excluding hydrogens is 314 g/mol. The molecule has 25 heavy (non-hydrogen) atoms. The van der Waals surface area contributed by atoms with E-state index in [0.717, 1.165) is 11.3 Å². The standard InChI is InChI=1S/C20H21N3O2/c1-14(16-10-6-4-7-11-16)21-19(24)18-15(2)22-23(20(18)25-3)17-12-8-5-9-13-17/h4-14H,1-3H3,(H,21,24). The monoisotopic (exact) mass is 335 g/mol. The van der Waals surface area contributed by atoms with Crippen LogP contribution >= 0.6 is 0 Å². The molecule has 1 amide bonds. The largest absolute Gasteiger partial charge is 0.480 e. The van der Waals surface area contributed by atoms with Crippen molar-refractivity contribution in [3.8, 4) is 11.6 Å². The van der Waals surface area contributed by atoms with Gasteiger partial charge in [0, 0.05) is 0 Å². The number of amides is 1. The second kappa shape index (κ2) is 7.21. The zero-order valence-electron chi connectivity index (χ0n) is 14.6. The molecule has 5 nitrogen and oxygen atoms in total. The molecule has 1 heterocycles. The number of benzene rings is 2. The van der Waals surface area contributed by atoms with E-state index in [4.69, 9.17) is 4.74 Å². The van der Waals surface area contributed by atoms with Gasteiger partial charge in [-0.2, -0.15) is 5.10 Å². The topological polar surface area (TPSA) is 56.1 Å². The molecule has 0 radical (unpaired) electrons. The number of para-hydroxylation sites is 1. The van der Waals surface area contributed by atoms with Gasteiger partial charge >= 0.3 is 0 Å². The smallest absolute Gasteiger partial charge is 0.259 e. The van der Waals surface area contributed by atoms with E-state index in [1.165, 1.54) is 0 Å². The Morgan fingerprint density at radius 3 is 2.28 bits per heavy atom. The van der Waals surface area contributed by atoms with Crippen molar-refractivity contribution < 1.29 is 9.53 Å². The molecule has 0 fully saturated rings. The van der Waals surface area contributed by atoms with Gasteiger partial charge in [0.1, 0.15) is 5.56 Å². The molecule has 1 unspecified atom stereocenters. The molecule has 1 N–H and O–H groups in total. The van der Waals surface area contributed by atoms with Gasteiger partial charge in [0.15, 0.2) is 0 Å². The summed E-state index contributed by atoms with van der Waals surface area (Å²) in [6, 6.07) is 19.3. The zero-order chi connectivity index (χ0) is 17.8. The van der Waals surface area contributed by atoms with E-state index in [9.17, 15) is 4.79 Å². The van der Waals surface area contributed by atoms with Crippen LogP contribution in [0.3, 0.4) is 0 Å². The van der Waals surface area contributed by atoms with Gasteiger partial charge < -0.3 is 10.1 Å². The number of rotatable bonds is 5. The lowest BCUT2D eigenvalue weighted by atomic mass is 10.1. The molecule has 0 bridgehead atoms. The lowest BCUT2D eigenvalue weighted by Crippen LogP contribution is -2.27. The predicted octanol–water partition coefficient (Wildman–Crippen LogP) is 3.68. The first-order valence-corrected chi connectivity index (χ1v) is 8.16. The van der Waals surface area contributed by atoms with Crippen molar-refractivity contribution in [1.29, 1.82) is 0 Å². The van der Waals surface area contributed by atoms with E-state index >= 15 is 0 Å². The van der Waals surface area contributed by atoms with Gasteiger partial charge in [0.05, 0.1) is 24.5 Å². The van der Waals surface area contributed by atoms with Crippen molar-refractivity contribution in [1.82, 2.24) is 15.1 Å². The van der Waals surface area contributed by atoms with Gasteiger partial charge in [-0.3, -0.25) is 4.79 Å². The van der Waals surface area contributed by atoms with Crippen LogP contribution in [-0.4, -0.2) is 22.8 Å². The first kappa shape index (κ1) is 16.8. The zero-order valence-corrected chi connectivity index (χ0v) is 14.6. The van der Waals surface area contributed by atoms with Gasteiger partial charge in [-0.25, -0.2) is 4.68 Å². The normalized spacial score (nSPS) is 11.8. The van der Waals surface area contributed by atoms with E-state index in [-0.39, 0.29) is 11.9 Å². The van der Waals surface area contributed by atoms with Crippen LogP contribution < -0.4 is 10.1 Å². The second-order valence-corrected chi connectivity index (χ2v) is 5.82. The van der Waals surface area contributed by atoms with Crippen LogP contribution in [0.5, 0.6) is 5.88 Å². The summed E-state index contributed by atoms with van der Waals surface area (Å²) in [6.45, 7) is 3.76. The Morgan fingerprint density at radius 1 is 1.08 bits per heavy atom. The summed E-state index contributed by atoms with van der Waals surface area (Å²) >= 11 is 0. The molecule has 1 aromatic heterocycles. The summed E-state index contributed by atoms with van der Waals surface area (Å²) in [5.41, 5.74) is 2.97. The fourth-order valence-electron chi connectivity index (χ4n) is 2.79. The average molecular weight is 335 g/mol. The minimum atomic E-state index is -0.201. The minimum Gasteiger partial charge on any atom is -0.480 e. The van der Waals surface area contributed by atoms with Crippen LogP contribution in [0.1, 0.15) is 34.6 Å². The Labute approximate surface area is 147 Å². The number of methoxy groups -OCH3 is 1. The average Bonchev–Trinajstić information content (AvgIpc) is 2.99. The van der Waals surface area contributed by atoms with E-state index in [1.54, 1.807) is 11.8 Å². The first-order chi connectivity index (χ1) is 12.1. The van der Waals surface area contributed by atoms with Gasteiger partial charge in [0.25, 0.3) is 5.91 Å². The minimum absolute atomic E-state index is 0.113. The third-order valence-corrected chi connectivity index (χ3v) is 4.09. The fourth-order valence-corrected chi connectivity index (χ4v) is 2.79. The van der Waals surface area contributed by atoms with E-state index in [0.29, 0.717) is 17.1 Å². The molecule has 5 heteroatoms. The number of ether oxygens (including phenoxy) is 1. The fraction of sp³-hybridized carbons (Fsp3) is 0.200. The maximum Gasteiger partial charge on any atom is 0.259 e. The number of carbonyl (C=O) groups is 1. The molecule has 0 aliphatic heterocycles. The summed E-state index contributed by atoms with van der Waals surface area (Å²) in [6.07, 6.45) is 0. The molecule has 3 rings (SSSR count). The van der Waals surface area contributed by atoms with E-state index in [2.05, 4.69) is 10.4 Å². The number of carbonyl (C=O) groups excluding carboxylic acids is 1. The van der Waals surface area contributed by atoms with Crippen LogP contribution in [0.4, 0.5) is 0 Å². The Hall–Kier alpha value is -3.08. The van der Waals surface area contributed by atoms with Gasteiger partial charge in [-0.15, -0.1) is 0 Å². The lowest BCUT2D eigenvalue weighted by Gasteiger charge is -2.15. The summed E-state index contributed by atoms with van der Waals surface area (Å²) in [5, 5.41) is 7.50. The quantitative estimate of drug-likeness (QED) is 0.774. The molecule has 1 atom stereocenters. The summed E-state index contributed by atoms with van der Waals surface area (Å²) < 4.78 is 7.15. The molecular formula is C20H21N3O2. The van der Waals surface area contributed by atoms with Gasteiger partial charge in [0.2, 0.25) is 5.88 Å². The molecule has 0 spiro atoms. The number of aromatic nitrogens is 2. The molecule has 128 valence electrons. The number of nitrogens with zero attached hydrogens (tertiary/aromatic N) is 2. The van der Waals surface area contributed by atoms with Crippen molar-refractivity contribution in [2.45, 2.75) is 19.9 Å². The summed E-state index contributed by atoms with van der Waals surface area (Å²) in [4.78, 5) is 12.8. The SMILES string of the molecule is COc1c(C(=O)NC(C)c2ccccc2)c(C)nn1-c1ccccc1. The number of nitrogens with one attached hydrogen (secondary N) is 1. The molecule has 3 aromatic rings. The maximum absolute atomic E-state index is 12.8. The van der Waals surface area contributed by atoms with E-state index < -0.39 is 0 Å². The summed E-state index contributed by atoms with van der Waals surface area (Å²) in [5.74, 6) is 0.231. The highest BCUT2D eigenvalue weighted by Gasteiger charge is 2.24. The van der Waals surface area contributed by atoms with Crippen LogP contribution in [0.2, 0.25) is 0 Å². The predicted molar refractivity (Wildman–Crippen MR) is 97.2 cm³/mol. The third-order valence-electron chi connectivity index (χ3n) is 4.09. The Balaban J connectivity index is 1.92. The highest BCUT2D eigenvalue weighted by Crippen LogP contribution is 2.26. The second-order valence-electron chi connectivity index (χ2n) is 5.82. The molecule has 2 aromatic carbocycles. The Morgan fingerprint density at radius 2 is 1.68 bits per heavy atom. The molecule has 0 saturated heterocycles. The number of aryl methyl sites for hydroxylation is 1. The van der Waals surface area contributed by atoms with Crippen molar-refractivity contribution in [2.75, 3.05) is 7.11 Å². The Kier molecular flexibility index (Phi) is 4.84.